The lowest BCUT2D eigenvalue weighted by molar-refractivity contribution is 0.119. The summed E-state index contributed by atoms with van der Waals surface area (Å²) in [5.74, 6) is 0.220. The van der Waals surface area contributed by atoms with Crippen LogP contribution in [0.2, 0.25) is 0 Å². The predicted octanol–water partition coefficient (Wildman–Crippen LogP) is 0.814. The summed E-state index contributed by atoms with van der Waals surface area (Å²) < 4.78 is 21.9. The van der Waals surface area contributed by atoms with E-state index in [2.05, 4.69) is 0 Å². The molecule has 0 fully saturated rings. The quantitative estimate of drug-likeness (QED) is 0.453. The minimum Gasteiger partial charge on any atom is -0.368 e. The van der Waals surface area contributed by atoms with E-state index in [9.17, 15) is 14.2 Å². The largest absolute Gasteiger partial charge is 0.369 e. The summed E-state index contributed by atoms with van der Waals surface area (Å²) in [4.78, 5) is 35.2. The molecule has 9 heteroatoms. The highest BCUT2D eigenvalue weighted by molar-refractivity contribution is 7.72. The van der Waals surface area contributed by atoms with Gasteiger partial charge in [0.15, 0.2) is 0 Å². The summed E-state index contributed by atoms with van der Waals surface area (Å²) in [5.41, 5.74) is 0. The van der Waals surface area contributed by atoms with Crippen molar-refractivity contribution in [2.75, 3.05) is 0 Å². The summed E-state index contributed by atoms with van der Waals surface area (Å²) >= 11 is 0. The van der Waals surface area contributed by atoms with Crippen molar-refractivity contribution in [1.29, 1.82) is 0 Å². The lowest BCUT2D eigenvalue weighted by atomic mass is 10.1. The highest BCUT2D eigenvalue weighted by Gasteiger charge is 2.58. The van der Waals surface area contributed by atoms with E-state index in [4.69, 9.17) is 19.6 Å². The lowest BCUT2D eigenvalue weighted by Gasteiger charge is -2.29. The van der Waals surface area contributed by atoms with Crippen molar-refractivity contribution >= 4 is 15.2 Å². The molecule has 0 spiro atoms. The van der Waals surface area contributed by atoms with Crippen LogP contribution in [0.5, 0.6) is 0 Å². The maximum absolute atomic E-state index is 10.9. The number of hydrogen-bond acceptors (Lipinski definition) is 3. The SMILES string of the molecule is CC(C)CCCC(O)(P(=O)(O)O)P(=O)(O)O. The van der Waals surface area contributed by atoms with E-state index in [1.807, 2.05) is 13.8 Å². The zero-order chi connectivity index (χ0) is 13.2. The smallest absolute Gasteiger partial charge is 0.368 e. The van der Waals surface area contributed by atoms with Gasteiger partial charge >= 0.3 is 15.2 Å². The molecule has 0 rings (SSSR count). The van der Waals surface area contributed by atoms with E-state index < -0.39 is 26.7 Å². The van der Waals surface area contributed by atoms with Gasteiger partial charge in [-0.25, -0.2) is 0 Å². The summed E-state index contributed by atoms with van der Waals surface area (Å²) in [7, 11) is -10.6. The van der Waals surface area contributed by atoms with Crippen molar-refractivity contribution in [1.82, 2.24) is 0 Å². The van der Waals surface area contributed by atoms with Gasteiger partial charge in [0.2, 0.25) is 0 Å². The molecule has 0 saturated heterocycles. The van der Waals surface area contributed by atoms with Crippen molar-refractivity contribution < 1.29 is 33.8 Å². The zero-order valence-corrected chi connectivity index (χ0v) is 10.9. The van der Waals surface area contributed by atoms with Gasteiger partial charge in [0.05, 0.1) is 0 Å². The third-order valence-corrected chi connectivity index (χ3v) is 6.10. The van der Waals surface area contributed by atoms with E-state index >= 15 is 0 Å². The molecule has 0 amide bonds. The molecule has 0 bridgehead atoms. The van der Waals surface area contributed by atoms with Gasteiger partial charge in [-0.1, -0.05) is 20.3 Å². The van der Waals surface area contributed by atoms with Gasteiger partial charge in [0, 0.05) is 0 Å². The van der Waals surface area contributed by atoms with Crippen molar-refractivity contribution in [3.05, 3.63) is 0 Å². The fourth-order valence-electron chi connectivity index (χ4n) is 1.21. The summed E-state index contributed by atoms with van der Waals surface area (Å²) in [6, 6.07) is 0. The highest BCUT2D eigenvalue weighted by Crippen LogP contribution is 2.69. The Labute approximate surface area is 93.8 Å². The van der Waals surface area contributed by atoms with E-state index in [0.717, 1.165) is 0 Å². The molecule has 0 radical (unpaired) electrons. The second kappa shape index (κ2) is 5.27. The van der Waals surface area contributed by atoms with E-state index in [1.54, 1.807) is 0 Å². The number of aliphatic hydroxyl groups is 1. The topological polar surface area (TPSA) is 135 Å². The zero-order valence-electron chi connectivity index (χ0n) is 9.15. The van der Waals surface area contributed by atoms with Crippen LogP contribution in [-0.4, -0.2) is 29.8 Å². The molecule has 0 unspecified atom stereocenters. The first-order valence-corrected chi connectivity index (χ1v) is 7.98. The first-order chi connectivity index (χ1) is 6.92. The Hall–Kier alpha value is 0.260. The average molecular weight is 276 g/mol. The van der Waals surface area contributed by atoms with Crippen LogP contribution in [-0.2, 0) is 9.13 Å². The minimum absolute atomic E-state index is 0.129. The molecule has 0 aliphatic rings. The van der Waals surface area contributed by atoms with Crippen molar-refractivity contribution in [3.63, 3.8) is 0 Å². The van der Waals surface area contributed by atoms with Crippen molar-refractivity contribution in [2.24, 2.45) is 5.92 Å². The van der Waals surface area contributed by atoms with Gasteiger partial charge in [0.1, 0.15) is 0 Å². The molecule has 16 heavy (non-hydrogen) atoms. The summed E-state index contributed by atoms with van der Waals surface area (Å²) in [6.45, 7) is 3.71. The van der Waals surface area contributed by atoms with E-state index in [-0.39, 0.29) is 12.3 Å². The monoisotopic (exact) mass is 276 g/mol. The summed E-state index contributed by atoms with van der Waals surface area (Å²) in [5, 5.41) is 6.22. The molecule has 0 aliphatic carbocycles. The van der Waals surface area contributed by atoms with Gasteiger partial charge < -0.3 is 24.7 Å². The molecule has 0 aromatic heterocycles. The molecule has 5 N–H and O–H groups in total. The number of hydrogen-bond donors (Lipinski definition) is 5. The Morgan fingerprint density at radius 2 is 1.44 bits per heavy atom. The predicted molar refractivity (Wildman–Crippen MR) is 57.7 cm³/mol. The molecule has 0 aromatic carbocycles. The second-order valence-corrected chi connectivity index (χ2v) is 8.16. The maximum Gasteiger partial charge on any atom is 0.369 e. The molecular weight excluding hydrogens is 258 g/mol. The molecule has 98 valence electrons. The van der Waals surface area contributed by atoms with Gasteiger partial charge in [0.25, 0.3) is 5.08 Å². The van der Waals surface area contributed by atoms with Crippen molar-refractivity contribution in [3.8, 4) is 0 Å². The summed E-state index contributed by atoms with van der Waals surface area (Å²) in [6.07, 6.45) is 0.0203. The van der Waals surface area contributed by atoms with Crippen LogP contribution < -0.4 is 0 Å². The van der Waals surface area contributed by atoms with E-state index in [1.165, 1.54) is 0 Å². The van der Waals surface area contributed by atoms with Gasteiger partial charge in [-0.3, -0.25) is 9.13 Å². The highest BCUT2D eigenvalue weighted by atomic mass is 31.2. The Kier molecular flexibility index (Phi) is 5.36. The van der Waals surface area contributed by atoms with Crippen LogP contribution in [0.15, 0.2) is 0 Å². The third-order valence-electron chi connectivity index (χ3n) is 2.23. The van der Waals surface area contributed by atoms with Crippen LogP contribution >= 0.6 is 15.2 Å². The standard InChI is InChI=1S/C7H18O7P2/c1-6(2)4-3-5-7(8,15(9,10)11)16(12,13)14/h6,8H,3-5H2,1-2H3,(H2,9,10,11)(H2,12,13,14). The molecule has 0 saturated carbocycles. The molecule has 0 aromatic rings. The van der Waals surface area contributed by atoms with Gasteiger partial charge in [-0.2, -0.15) is 0 Å². The molecule has 0 atom stereocenters. The van der Waals surface area contributed by atoms with Gasteiger partial charge in [-0.05, 0) is 18.8 Å². The van der Waals surface area contributed by atoms with Crippen LogP contribution in [0.3, 0.4) is 0 Å². The molecule has 0 heterocycles. The normalized spacial score (nSPS) is 14.5. The molecule has 7 nitrogen and oxygen atoms in total. The van der Waals surface area contributed by atoms with Crippen LogP contribution in [0.4, 0.5) is 0 Å². The third kappa shape index (κ3) is 3.93. The Morgan fingerprint density at radius 1 is 1.06 bits per heavy atom. The Bertz CT molecular complexity index is 293. The second-order valence-electron chi connectivity index (χ2n) is 4.15. The number of rotatable bonds is 6. The maximum atomic E-state index is 10.9. The fraction of sp³-hybridized carbons (Fsp3) is 1.00. The lowest BCUT2D eigenvalue weighted by Crippen LogP contribution is -2.28. The first-order valence-electron chi connectivity index (χ1n) is 4.75. The van der Waals surface area contributed by atoms with Crippen molar-refractivity contribution in [2.45, 2.75) is 38.2 Å². The van der Waals surface area contributed by atoms with Gasteiger partial charge in [-0.15, -0.1) is 0 Å². The Balaban J connectivity index is 4.86. The van der Waals surface area contributed by atoms with Crippen LogP contribution in [0, 0.1) is 5.92 Å². The molecular formula is C7H18O7P2. The minimum atomic E-state index is -5.28. The van der Waals surface area contributed by atoms with Crippen LogP contribution in [0.1, 0.15) is 33.1 Å². The fourth-order valence-corrected chi connectivity index (χ4v) is 3.46. The average Bonchev–Trinajstić information content (AvgIpc) is 1.98. The Morgan fingerprint density at radius 3 is 1.69 bits per heavy atom. The first kappa shape index (κ1) is 16.3. The molecule has 0 aliphatic heterocycles. The van der Waals surface area contributed by atoms with Crippen LogP contribution in [0.25, 0.3) is 0 Å². The van der Waals surface area contributed by atoms with E-state index in [0.29, 0.717) is 6.42 Å².